The van der Waals surface area contributed by atoms with Gasteiger partial charge in [0.1, 0.15) is 5.21 Å². The van der Waals surface area contributed by atoms with Gasteiger partial charge in [-0.15, -0.1) is 9.67 Å². The summed E-state index contributed by atoms with van der Waals surface area (Å²) in [5.74, 6) is 0.738. The lowest BCUT2D eigenvalue weighted by Crippen LogP contribution is -2.31. The number of tetrazole rings is 1. The van der Waals surface area contributed by atoms with E-state index in [1.165, 1.54) is 0 Å². The quantitative estimate of drug-likeness (QED) is 0.434. The predicted molar refractivity (Wildman–Crippen MR) is 32.0 cm³/mol. The third-order valence-electron chi connectivity index (χ3n) is 1.27. The summed E-state index contributed by atoms with van der Waals surface area (Å²) in [6.45, 7) is 0. The van der Waals surface area contributed by atoms with E-state index in [-0.39, 0.29) is 0 Å². The first-order valence-electron chi connectivity index (χ1n) is 2.90. The Bertz CT molecular complexity index is 352. The fourth-order valence-corrected chi connectivity index (χ4v) is 0.800. The van der Waals surface area contributed by atoms with Crippen LogP contribution in [0.1, 0.15) is 0 Å². The molecule has 0 unspecified atom stereocenters. The number of aryl methyl sites for hydroxylation is 1. The van der Waals surface area contributed by atoms with Crippen LogP contribution >= 0.6 is 0 Å². The van der Waals surface area contributed by atoms with E-state index in [2.05, 4.69) is 15.4 Å². The molecule has 0 aliphatic rings. The maximum Gasteiger partial charge on any atom is 0.406 e. The molecule has 0 radical (unpaired) electrons. The molecule has 5 nitrogen and oxygen atoms in total. The molecule has 0 bridgehead atoms. The molecular formula is C5H6N5+. The first-order valence-corrected chi connectivity index (χ1v) is 2.90. The van der Waals surface area contributed by atoms with E-state index < -0.39 is 0 Å². The Morgan fingerprint density at radius 2 is 2.50 bits per heavy atom. The van der Waals surface area contributed by atoms with E-state index in [0.29, 0.717) is 0 Å². The number of fused-ring (bicyclic) bond motifs is 1. The van der Waals surface area contributed by atoms with Gasteiger partial charge < -0.3 is 0 Å². The van der Waals surface area contributed by atoms with Gasteiger partial charge in [0.2, 0.25) is 0 Å². The highest BCUT2D eigenvalue weighted by atomic mass is 15.6. The van der Waals surface area contributed by atoms with E-state index in [1.807, 2.05) is 6.07 Å². The summed E-state index contributed by atoms with van der Waals surface area (Å²) >= 11 is 0. The second kappa shape index (κ2) is 1.73. The molecule has 0 atom stereocenters. The van der Waals surface area contributed by atoms with Crippen molar-refractivity contribution in [2.75, 3.05) is 0 Å². The number of nitrogens with zero attached hydrogens (tertiary/aromatic N) is 5. The Hall–Kier alpha value is -1.52. The van der Waals surface area contributed by atoms with Gasteiger partial charge in [-0.25, -0.2) is 0 Å². The first kappa shape index (κ1) is 5.28. The zero-order valence-corrected chi connectivity index (χ0v) is 5.47. The van der Waals surface area contributed by atoms with E-state index in [0.717, 1.165) is 5.78 Å². The van der Waals surface area contributed by atoms with Gasteiger partial charge in [0.25, 0.3) is 0 Å². The fourth-order valence-electron chi connectivity index (χ4n) is 0.800. The molecule has 0 N–H and O–H groups in total. The largest absolute Gasteiger partial charge is 0.406 e. The van der Waals surface area contributed by atoms with Crippen LogP contribution in [0.15, 0.2) is 18.5 Å². The van der Waals surface area contributed by atoms with Crippen LogP contribution in [-0.2, 0) is 7.05 Å². The van der Waals surface area contributed by atoms with Crippen molar-refractivity contribution in [3.8, 4) is 0 Å². The van der Waals surface area contributed by atoms with Gasteiger partial charge in [-0.05, 0) is 0 Å². The smallest absolute Gasteiger partial charge is 0.132 e. The van der Waals surface area contributed by atoms with Crippen molar-refractivity contribution in [2.45, 2.75) is 0 Å². The molecule has 0 saturated heterocycles. The van der Waals surface area contributed by atoms with Crippen molar-refractivity contribution in [1.82, 2.24) is 19.9 Å². The van der Waals surface area contributed by atoms with Crippen LogP contribution in [0.2, 0.25) is 0 Å². The van der Waals surface area contributed by atoms with E-state index in [9.17, 15) is 0 Å². The summed E-state index contributed by atoms with van der Waals surface area (Å²) in [4.78, 5) is 4.04. The number of aromatic nitrogens is 5. The predicted octanol–water partition coefficient (Wildman–Crippen LogP) is -1.05. The molecule has 0 spiro atoms. The molecule has 50 valence electrons. The van der Waals surface area contributed by atoms with E-state index in [4.69, 9.17) is 0 Å². The molecule has 0 aliphatic heterocycles. The van der Waals surface area contributed by atoms with Gasteiger partial charge in [-0.1, -0.05) is 4.52 Å². The summed E-state index contributed by atoms with van der Waals surface area (Å²) in [7, 11) is 1.80. The van der Waals surface area contributed by atoms with Crippen molar-refractivity contribution < 1.29 is 4.68 Å². The lowest BCUT2D eigenvalue weighted by molar-refractivity contribution is -0.709. The van der Waals surface area contributed by atoms with Crippen LogP contribution in [0.3, 0.4) is 0 Å². The normalized spacial score (nSPS) is 10.5. The van der Waals surface area contributed by atoms with Crippen molar-refractivity contribution in [3.63, 3.8) is 0 Å². The molecule has 2 aromatic heterocycles. The Morgan fingerprint density at radius 3 is 3.30 bits per heavy atom. The van der Waals surface area contributed by atoms with Crippen LogP contribution in [0.5, 0.6) is 0 Å². The maximum atomic E-state index is 4.04. The minimum Gasteiger partial charge on any atom is -0.132 e. The summed E-state index contributed by atoms with van der Waals surface area (Å²) in [5, 5.41) is 7.55. The summed E-state index contributed by atoms with van der Waals surface area (Å²) in [6.07, 6.45) is 3.51. The SMILES string of the molecule is C[n+]1nnn2cccnc21. The van der Waals surface area contributed by atoms with Crippen LogP contribution in [0.4, 0.5) is 0 Å². The average Bonchev–Trinajstić information content (AvgIpc) is 2.34. The van der Waals surface area contributed by atoms with E-state index >= 15 is 0 Å². The second-order valence-electron chi connectivity index (χ2n) is 1.97. The lowest BCUT2D eigenvalue weighted by Gasteiger charge is -1.77. The van der Waals surface area contributed by atoms with Crippen molar-refractivity contribution in [3.05, 3.63) is 18.5 Å². The monoisotopic (exact) mass is 136 g/mol. The molecule has 0 fully saturated rings. The van der Waals surface area contributed by atoms with Crippen LogP contribution in [0.25, 0.3) is 5.78 Å². The molecule has 2 heterocycles. The van der Waals surface area contributed by atoms with Gasteiger partial charge >= 0.3 is 5.78 Å². The topological polar surface area (TPSA) is 47.0 Å². The van der Waals surface area contributed by atoms with Crippen LogP contribution < -0.4 is 4.68 Å². The van der Waals surface area contributed by atoms with Gasteiger partial charge in [0, 0.05) is 6.07 Å². The number of hydrogen-bond acceptors (Lipinski definition) is 3. The average molecular weight is 136 g/mol. The lowest BCUT2D eigenvalue weighted by atomic mass is 10.7. The number of rotatable bonds is 0. The molecule has 0 saturated carbocycles. The van der Waals surface area contributed by atoms with Gasteiger partial charge in [0.05, 0.1) is 24.7 Å². The molecule has 2 rings (SSSR count). The Kier molecular flexibility index (Phi) is 0.913. The molecule has 0 aliphatic carbocycles. The molecule has 5 heteroatoms. The van der Waals surface area contributed by atoms with Crippen LogP contribution in [0, 0.1) is 0 Å². The maximum absolute atomic E-state index is 4.04. The second-order valence-corrected chi connectivity index (χ2v) is 1.97. The molecular weight excluding hydrogens is 130 g/mol. The minimum absolute atomic E-state index is 0.738. The molecule has 2 aromatic rings. The summed E-state index contributed by atoms with van der Waals surface area (Å²) in [6, 6.07) is 1.81. The van der Waals surface area contributed by atoms with Crippen molar-refractivity contribution in [2.24, 2.45) is 7.05 Å². The molecule has 0 aromatic carbocycles. The highest BCUT2D eigenvalue weighted by Crippen LogP contribution is 1.83. The van der Waals surface area contributed by atoms with Crippen molar-refractivity contribution >= 4 is 5.78 Å². The summed E-state index contributed by atoms with van der Waals surface area (Å²) in [5.41, 5.74) is 0. The number of hydrogen-bond donors (Lipinski definition) is 0. The highest BCUT2D eigenvalue weighted by Gasteiger charge is 2.06. The summed E-state index contributed by atoms with van der Waals surface area (Å²) < 4.78 is 3.22. The third kappa shape index (κ3) is 0.570. The Morgan fingerprint density at radius 1 is 1.60 bits per heavy atom. The Balaban J connectivity index is 2.93. The highest BCUT2D eigenvalue weighted by molar-refractivity contribution is 5.13. The van der Waals surface area contributed by atoms with E-state index in [1.54, 1.807) is 28.6 Å². The zero-order valence-electron chi connectivity index (χ0n) is 5.47. The minimum atomic E-state index is 0.738. The third-order valence-corrected chi connectivity index (χ3v) is 1.27. The standard InChI is InChI=1S/C5H6N5/c1-9-5-6-3-2-4-10(5)8-7-9/h2-4H,1H3/q+1. The molecule has 10 heavy (non-hydrogen) atoms. The Labute approximate surface area is 56.9 Å². The van der Waals surface area contributed by atoms with Gasteiger partial charge in [-0.2, -0.15) is 0 Å². The van der Waals surface area contributed by atoms with Gasteiger partial charge in [0.15, 0.2) is 0 Å². The van der Waals surface area contributed by atoms with Crippen LogP contribution in [-0.4, -0.2) is 19.9 Å². The first-order chi connectivity index (χ1) is 4.88. The van der Waals surface area contributed by atoms with Gasteiger partial charge in [-0.3, -0.25) is 0 Å². The zero-order chi connectivity index (χ0) is 6.97. The molecule has 0 amide bonds. The van der Waals surface area contributed by atoms with Crippen molar-refractivity contribution in [1.29, 1.82) is 0 Å². The fraction of sp³-hybridized carbons (Fsp3) is 0.200.